The first-order valence-corrected chi connectivity index (χ1v) is 7.24. The van der Waals surface area contributed by atoms with Crippen molar-refractivity contribution in [3.8, 4) is 5.75 Å². The first kappa shape index (κ1) is 16.0. The molecule has 0 bridgehead atoms. The molecular formula is C16H14BrNO4. The van der Waals surface area contributed by atoms with Crippen LogP contribution in [0.25, 0.3) is 0 Å². The molecule has 5 nitrogen and oxygen atoms in total. The summed E-state index contributed by atoms with van der Waals surface area (Å²) in [6.45, 7) is -0.346. The highest BCUT2D eigenvalue weighted by Gasteiger charge is 2.10. The van der Waals surface area contributed by atoms with Gasteiger partial charge >= 0.3 is 5.97 Å². The van der Waals surface area contributed by atoms with Gasteiger partial charge < -0.3 is 14.8 Å². The zero-order valence-electron chi connectivity index (χ0n) is 11.8. The summed E-state index contributed by atoms with van der Waals surface area (Å²) in [4.78, 5) is 23.5. The fourth-order valence-electron chi connectivity index (χ4n) is 1.67. The van der Waals surface area contributed by atoms with E-state index in [1.54, 1.807) is 55.6 Å². The Morgan fingerprint density at radius 2 is 1.68 bits per heavy atom. The number of ether oxygens (including phenoxy) is 2. The molecule has 22 heavy (non-hydrogen) atoms. The number of hydrogen-bond acceptors (Lipinski definition) is 4. The quantitative estimate of drug-likeness (QED) is 0.828. The van der Waals surface area contributed by atoms with Crippen molar-refractivity contribution < 1.29 is 19.1 Å². The molecule has 114 valence electrons. The van der Waals surface area contributed by atoms with Crippen LogP contribution in [0.5, 0.6) is 5.75 Å². The largest absolute Gasteiger partial charge is 0.497 e. The van der Waals surface area contributed by atoms with Gasteiger partial charge in [0.15, 0.2) is 6.61 Å². The lowest BCUT2D eigenvalue weighted by atomic mass is 10.2. The predicted octanol–water partition coefficient (Wildman–Crippen LogP) is 3.25. The van der Waals surface area contributed by atoms with Crippen LogP contribution in [0.2, 0.25) is 0 Å². The van der Waals surface area contributed by atoms with Gasteiger partial charge in [-0.2, -0.15) is 0 Å². The molecule has 0 fully saturated rings. The van der Waals surface area contributed by atoms with Gasteiger partial charge in [-0.15, -0.1) is 0 Å². The zero-order chi connectivity index (χ0) is 15.9. The lowest BCUT2D eigenvalue weighted by Crippen LogP contribution is -2.20. The molecule has 0 heterocycles. The minimum Gasteiger partial charge on any atom is -0.497 e. The van der Waals surface area contributed by atoms with Gasteiger partial charge in [-0.05, 0) is 48.5 Å². The first-order chi connectivity index (χ1) is 10.6. The Morgan fingerprint density at radius 3 is 2.27 bits per heavy atom. The van der Waals surface area contributed by atoms with Crippen LogP contribution in [-0.4, -0.2) is 25.6 Å². The minimum absolute atomic E-state index is 0.346. The lowest BCUT2D eigenvalue weighted by molar-refractivity contribution is -0.119. The van der Waals surface area contributed by atoms with Crippen molar-refractivity contribution in [3.63, 3.8) is 0 Å². The second kappa shape index (κ2) is 7.61. The summed E-state index contributed by atoms with van der Waals surface area (Å²) in [7, 11) is 1.54. The Labute approximate surface area is 136 Å². The number of anilines is 1. The Balaban J connectivity index is 1.84. The molecule has 2 rings (SSSR count). The van der Waals surface area contributed by atoms with E-state index < -0.39 is 11.9 Å². The molecule has 0 saturated heterocycles. The molecule has 2 aromatic rings. The maximum atomic E-state index is 11.8. The van der Waals surface area contributed by atoms with Crippen molar-refractivity contribution in [2.75, 3.05) is 19.0 Å². The van der Waals surface area contributed by atoms with E-state index in [0.29, 0.717) is 17.0 Å². The number of methoxy groups -OCH3 is 1. The predicted molar refractivity (Wildman–Crippen MR) is 86.0 cm³/mol. The maximum absolute atomic E-state index is 11.8. The molecule has 0 radical (unpaired) electrons. The van der Waals surface area contributed by atoms with Crippen molar-refractivity contribution in [1.29, 1.82) is 0 Å². The topological polar surface area (TPSA) is 64.6 Å². The van der Waals surface area contributed by atoms with Gasteiger partial charge in [0.05, 0.1) is 12.7 Å². The summed E-state index contributed by atoms with van der Waals surface area (Å²) in [6, 6.07) is 13.6. The number of amides is 1. The highest BCUT2D eigenvalue weighted by atomic mass is 79.9. The summed E-state index contributed by atoms with van der Waals surface area (Å²) >= 11 is 3.31. The number of rotatable bonds is 5. The van der Waals surface area contributed by atoms with Crippen LogP contribution >= 0.6 is 15.9 Å². The van der Waals surface area contributed by atoms with Gasteiger partial charge in [0.25, 0.3) is 5.91 Å². The van der Waals surface area contributed by atoms with Gasteiger partial charge in [-0.25, -0.2) is 4.79 Å². The van der Waals surface area contributed by atoms with E-state index in [1.165, 1.54) is 0 Å². The molecule has 0 spiro atoms. The SMILES string of the molecule is COc1ccc(C(=O)OCC(=O)Nc2ccc(Br)cc2)cc1. The normalized spacial score (nSPS) is 9.91. The fraction of sp³-hybridized carbons (Fsp3) is 0.125. The summed E-state index contributed by atoms with van der Waals surface area (Å²) < 4.78 is 10.9. The Hall–Kier alpha value is -2.34. The molecule has 1 amide bonds. The van der Waals surface area contributed by atoms with Crippen LogP contribution in [-0.2, 0) is 9.53 Å². The van der Waals surface area contributed by atoms with E-state index in [9.17, 15) is 9.59 Å². The third kappa shape index (κ3) is 4.60. The van der Waals surface area contributed by atoms with Crippen LogP contribution in [0.15, 0.2) is 53.0 Å². The van der Waals surface area contributed by atoms with E-state index in [-0.39, 0.29) is 6.61 Å². The van der Waals surface area contributed by atoms with Crippen LogP contribution < -0.4 is 10.1 Å². The smallest absolute Gasteiger partial charge is 0.338 e. The number of esters is 1. The van der Waals surface area contributed by atoms with Crippen LogP contribution in [0.3, 0.4) is 0 Å². The second-order valence-corrected chi connectivity index (χ2v) is 5.28. The molecule has 1 N–H and O–H groups in total. The average Bonchev–Trinajstić information content (AvgIpc) is 2.55. The lowest BCUT2D eigenvalue weighted by Gasteiger charge is -2.07. The van der Waals surface area contributed by atoms with Crippen molar-refractivity contribution in [3.05, 3.63) is 58.6 Å². The third-order valence-corrected chi connectivity index (χ3v) is 3.32. The molecular weight excluding hydrogens is 350 g/mol. The number of halogens is 1. The summed E-state index contributed by atoms with van der Waals surface area (Å²) in [5.41, 5.74) is 0.992. The van der Waals surface area contributed by atoms with Crippen molar-refractivity contribution in [2.24, 2.45) is 0 Å². The Morgan fingerprint density at radius 1 is 1.05 bits per heavy atom. The molecule has 2 aromatic carbocycles. The van der Waals surface area contributed by atoms with Crippen molar-refractivity contribution >= 4 is 33.5 Å². The molecule has 0 aliphatic carbocycles. The van der Waals surface area contributed by atoms with Gasteiger partial charge in [0.2, 0.25) is 0 Å². The van der Waals surface area contributed by atoms with Crippen LogP contribution in [0.1, 0.15) is 10.4 Å². The summed E-state index contributed by atoms with van der Waals surface area (Å²) in [5.74, 6) is -0.317. The Bertz CT molecular complexity index is 653. The number of carbonyl (C=O) groups is 2. The van der Waals surface area contributed by atoms with E-state index in [0.717, 1.165) is 4.47 Å². The number of benzene rings is 2. The minimum atomic E-state index is -0.561. The van der Waals surface area contributed by atoms with E-state index in [1.807, 2.05) is 0 Å². The van der Waals surface area contributed by atoms with Gasteiger partial charge in [0.1, 0.15) is 5.75 Å². The summed E-state index contributed by atoms with van der Waals surface area (Å²) in [6.07, 6.45) is 0. The monoisotopic (exact) mass is 363 g/mol. The van der Waals surface area contributed by atoms with Crippen LogP contribution in [0, 0.1) is 0 Å². The molecule has 0 unspecified atom stereocenters. The first-order valence-electron chi connectivity index (χ1n) is 6.45. The molecule has 0 aromatic heterocycles. The zero-order valence-corrected chi connectivity index (χ0v) is 13.4. The number of carbonyl (C=O) groups excluding carboxylic acids is 2. The Kier molecular flexibility index (Phi) is 5.55. The molecule has 6 heteroatoms. The van der Waals surface area contributed by atoms with Crippen molar-refractivity contribution in [1.82, 2.24) is 0 Å². The van der Waals surface area contributed by atoms with Gasteiger partial charge in [-0.1, -0.05) is 15.9 Å². The molecule has 0 saturated carbocycles. The number of hydrogen-bond donors (Lipinski definition) is 1. The second-order valence-electron chi connectivity index (χ2n) is 4.36. The van der Waals surface area contributed by atoms with Crippen LogP contribution in [0.4, 0.5) is 5.69 Å². The highest BCUT2D eigenvalue weighted by molar-refractivity contribution is 9.10. The molecule has 0 aliphatic rings. The summed E-state index contributed by atoms with van der Waals surface area (Å²) in [5, 5.41) is 2.64. The van der Waals surface area contributed by atoms with E-state index in [2.05, 4.69) is 21.2 Å². The fourth-order valence-corrected chi connectivity index (χ4v) is 1.94. The third-order valence-electron chi connectivity index (χ3n) is 2.79. The van der Waals surface area contributed by atoms with E-state index in [4.69, 9.17) is 9.47 Å². The number of nitrogens with one attached hydrogen (secondary N) is 1. The van der Waals surface area contributed by atoms with Gasteiger partial charge in [0, 0.05) is 10.2 Å². The average molecular weight is 364 g/mol. The van der Waals surface area contributed by atoms with E-state index >= 15 is 0 Å². The molecule has 0 aliphatic heterocycles. The van der Waals surface area contributed by atoms with Crippen molar-refractivity contribution in [2.45, 2.75) is 0 Å². The van der Waals surface area contributed by atoms with Gasteiger partial charge in [-0.3, -0.25) is 4.79 Å². The highest BCUT2D eigenvalue weighted by Crippen LogP contribution is 2.14. The standard InChI is InChI=1S/C16H14BrNO4/c1-21-14-8-2-11(3-9-14)16(20)22-10-15(19)18-13-6-4-12(17)5-7-13/h2-9H,10H2,1H3,(H,18,19). The molecule has 0 atom stereocenters. The maximum Gasteiger partial charge on any atom is 0.338 e.